The highest BCUT2D eigenvalue weighted by molar-refractivity contribution is 5.96. The van der Waals surface area contributed by atoms with Gasteiger partial charge in [0.1, 0.15) is 6.04 Å². The van der Waals surface area contributed by atoms with E-state index in [1.165, 1.54) is 40.6 Å². The smallest absolute Gasteiger partial charge is 0.328 e. The molecule has 0 aliphatic rings. The summed E-state index contributed by atoms with van der Waals surface area (Å²) in [7, 11) is 5.66. The Morgan fingerprint density at radius 3 is 2.00 bits per heavy atom. The normalized spacial score (nSPS) is 11.4. The van der Waals surface area contributed by atoms with Crippen molar-refractivity contribution in [3.8, 4) is 17.2 Å². The van der Waals surface area contributed by atoms with Gasteiger partial charge in [0.15, 0.2) is 11.5 Å². The van der Waals surface area contributed by atoms with Gasteiger partial charge in [-0.2, -0.15) is 0 Å². The lowest BCUT2D eigenvalue weighted by Crippen LogP contribution is -2.43. The average Bonchev–Trinajstić information content (AvgIpc) is 2.70. The SMILES string of the molecule is COC(=O)[C@@H](CC(C)C)NC(=O)CCNC(=O)c1cc(OC)c(OC)c(OC)c1. The van der Waals surface area contributed by atoms with Crippen molar-refractivity contribution in [3.05, 3.63) is 17.7 Å². The van der Waals surface area contributed by atoms with E-state index in [0.29, 0.717) is 29.2 Å². The number of rotatable bonds is 11. The number of benzene rings is 1. The van der Waals surface area contributed by atoms with Crippen LogP contribution in [0.4, 0.5) is 0 Å². The predicted molar refractivity (Wildman–Crippen MR) is 106 cm³/mol. The number of amides is 2. The first-order valence-electron chi connectivity index (χ1n) is 9.22. The third-order valence-corrected chi connectivity index (χ3v) is 4.09. The minimum atomic E-state index is -0.710. The van der Waals surface area contributed by atoms with Crippen LogP contribution in [0.5, 0.6) is 17.2 Å². The number of hydrogen-bond donors (Lipinski definition) is 2. The first-order chi connectivity index (χ1) is 13.8. The molecule has 0 radical (unpaired) electrons. The molecule has 2 N–H and O–H groups in total. The molecule has 0 heterocycles. The van der Waals surface area contributed by atoms with E-state index in [4.69, 9.17) is 18.9 Å². The second kappa shape index (κ2) is 11.8. The molecule has 9 nitrogen and oxygen atoms in total. The molecule has 1 rings (SSSR count). The third-order valence-electron chi connectivity index (χ3n) is 4.09. The molecule has 1 aromatic carbocycles. The number of carbonyl (C=O) groups excluding carboxylic acids is 3. The van der Waals surface area contributed by atoms with Crippen LogP contribution in [-0.2, 0) is 14.3 Å². The molecule has 0 bridgehead atoms. The van der Waals surface area contributed by atoms with Crippen LogP contribution in [0.1, 0.15) is 37.0 Å². The van der Waals surface area contributed by atoms with E-state index in [1.54, 1.807) is 0 Å². The standard InChI is InChI=1S/C20H30N2O7/c1-12(2)9-14(20(25)29-6)22-17(23)7-8-21-19(24)13-10-15(26-3)18(28-5)16(11-13)27-4/h10-12,14H,7-9H2,1-6H3,(H,21,24)(H,22,23)/t14-/m1/s1. The number of esters is 1. The maximum absolute atomic E-state index is 12.4. The summed E-state index contributed by atoms with van der Waals surface area (Å²) in [6, 6.07) is 2.33. The quantitative estimate of drug-likeness (QED) is 0.532. The van der Waals surface area contributed by atoms with Gasteiger partial charge >= 0.3 is 5.97 Å². The first kappa shape index (κ1) is 24.1. The molecule has 162 valence electrons. The van der Waals surface area contributed by atoms with Crippen molar-refractivity contribution < 1.29 is 33.3 Å². The lowest BCUT2D eigenvalue weighted by atomic mass is 10.0. The van der Waals surface area contributed by atoms with E-state index >= 15 is 0 Å². The van der Waals surface area contributed by atoms with Gasteiger partial charge in [0.05, 0.1) is 28.4 Å². The molecule has 0 aromatic heterocycles. The van der Waals surface area contributed by atoms with E-state index in [9.17, 15) is 14.4 Å². The molecule has 1 aromatic rings. The summed E-state index contributed by atoms with van der Waals surface area (Å²) in [5.74, 6) is 0.0428. The lowest BCUT2D eigenvalue weighted by Gasteiger charge is -2.18. The zero-order valence-electron chi connectivity index (χ0n) is 17.8. The number of methoxy groups -OCH3 is 4. The van der Waals surface area contributed by atoms with Crippen LogP contribution in [0.15, 0.2) is 12.1 Å². The Labute approximate surface area is 171 Å². The highest BCUT2D eigenvalue weighted by Crippen LogP contribution is 2.38. The van der Waals surface area contributed by atoms with Gasteiger partial charge in [0, 0.05) is 18.5 Å². The average molecular weight is 410 g/mol. The van der Waals surface area contributed by atoms with Crippen molar-refractivity contribution in [2.45, 2.75) is 32.7 Å². The maximum Gasteiger partial charge on any atom is 0.328 e. The zero-order valence-corrected chi connectivity index (χ0v) is 17.8. The number of carbonyl (C=O) groups is 3. The molecule has 0 fully saturated rings. The van der Waals surface area contributed by atoms with Crippen molar-refractivity contribution in [3.63, 3.8) is 0 Å². The Bertz CT molecular complexity index is 694. The maximum atomic E-state index is 12.4. The van der Waals surface area contributed by atoms with Crippen LogP contribution >= 0.6 is 0 Å². The van der Waals surface area contributed by atoms with Crippen molar-refractivity contribution in [2.75, 3.05) is 35.0 Å². The number of nitrogens with one attached hydrogen (secondary N) is 2. The minimum absolute atomic E-state index is 0.0156. The van der Waals surface area contributed by atoms with Gasteiger partial charge in [-0.05, 0) is 24.5 Å². The van der Waals surface area contributed by atoms with Crippen LogP contribution in [-0.4, -0.2) is 58.8 Å². The fourth-order valence-corrected chi connectivity index (χ4v) is 2.70. The van der Waals surface area contributed by atoms with Crippen molar-refractivity contribution >= 4 is 17.8 Å². The van der Waals surface area contributed by atoms with Gasteiger partial charge in [0.25, 0.3) is 5.91 Å². The summed E-state index contributed by atoms with van der Waals surface area (Å²) >= 11 is 0. The van der Waals surface area contributed by atoms with Gasteiger partial charge in [-0.25, -0.2) is 4.79 Å². The van der Waals surface area contributed by atoms with E-state index in [0.717, 1.165) is 0 Å². The van der Waals surface area contributed by atoms with Crippen molar-refractivity contribution in [2.24, 2.45) is 5.92 Å². The fraction of sp³-hybridized carbons (Fsp3) is 0.550. The second-order valence-electron chi connectivity index (χ2n) is 6.69. The van der Waals surface area contributed by atoms with Gasteiger partial charge in [0.2, 0.25) is 11.7 Å². The Morgan fingerprint density at radius 2 is 1.55 bits per heavy atom. The summed E-state index contributed by atoms with van der Waals surface area (Å²) in [5.41, 5.74) is 0.298. The molecule has 0 aliphatic carbocycles. The van der Waals surface area contributed by atoms with E-state index in [1.807, 2.05) is 13.8 Å². The van der Waals surface area contributed by atoms with Gasteiger partial charge < -0.3 is 29.6 Å². The highest BCUT2D eigenvalue weighted by Gasteiger charge is 2.22. The topological polar surface area (TPSA) is 112 Å². The van der Waals surface area contributed by atoms with Gasteiger partial charge in [-0.1, -0.05) is 13.8 Å². The summed E-state index contributed by atoms with van der Waals surface area (Å²) in [6.07, 6.45) is 0.484. The molecule has 0 unspecified atom stereocenters. The summed E-state index contributed by atoms with van der Waals surface area (Å²) < 4.78 is 20.4. The molecule has 9 heteroatoms. The molecule has 29 heavy (non-hydrogen) atoms. The van der Waals surface area contributed by atoms with Crippen molar-refractivity contribution in [1.82, 2.24) is 10.6 Å². The molecule has 0 saturated heterocycles. The second-order valence-corrected chi connectivity index (χ2v) is 6.69. The minimum Gasteiger partial charge on any atom is -0.493 e. The Morgan fingerprint density at radius 1 is 0.966 bits per heavy atom. The molecule has 2 amide bonds. The number of hydrogen-bond acceptors (Lipinski definition) is 7. The first-order valence-corrected chi connectivity index (χ1v) is 9.22. The summed E-state index contributed by atoms with van der Waals surface area (Å²) in [6.45, 7) is 3.98. The molecule has 0 aliphatic heterocycles. The molecular weight excluding hydrogens is 380 g/mol. The van der Waals surface area contributed by atoms with Gasteiger partial charge in [-0.3, -0.25) is 9.59 Å². The fourth-order valence-electron chi connectivity index (χ4n) is 2.70. The summed E-state index contributed by atoms with van der Waals surface area (Å²) in [5, 5.41) is 5.30. The monoisotopic (exact) mass is 410 g/mol. The predicted octanol–water partition coefficient (Wildman–Crippen LogP) is 1.54. The van der Waals surface area contributed by atoms with Crippen LogP contribution in [0.25, 0.3) is 0 Å². The molecule has 0 saturated carbocycles. The Kier molecular flexibility index (Phi) is 9.78. The van der Waals surface area contributed by atoms with Gasteiger partial charge in [-0.15, -0.1) is 0 Å². The molecular formula is C20H30N2O7. The largest absolute Gasteiger partial charge is 0.493 e. The van der Waals surface area contributed by atoms with Crippen LogP contribution in [0.3, 0.4) is 0 Å². The Balaban J connectivity index is 2.68. The van der Waals surface area contributed by atoms with Crippen LogP contribution < -0.4 is 24.8 Å². The molecule has 0 spiro atoms. The lowest BCUT2D eigenvalue weighted by molar-refractivity contribution is -0.145. The van der Waals surface area contributed by atoms with Crippen molar-refractivity contribution in [1.29, 1.82) is 0 Å². The van der Waals surface area contributed by atoms with E-state index in [-0.39, 0.29) is 24.8 Å². The molecule has 1 atom stereocenters. The zero-order chi connectivity index (χ0) is 22.0. The third kappa shape index (κ3) is 7.17. The van der Waals surface area contributed by atoms with Crippen LogP contribution in [0, 0.1) is 5.92 Å². The van der Waals surface area contributed by atoms with Crippen LogP contribution in [0.2, 0.25) is 0 Å². The highest BCUT2D eigenvalue weighted by atomic mass is 16.5. The number of ether oxygens (including phenoxy) is 4. The van der Waals surface area contributed by atoms with E-state index < -0.39 is 17.9 Å². The summed E-state index contributed by atoms with van der Waals surface area (Å²) in [4.78, 5) is 36.3. The van der Waals surface area contributed by atoms with E-state index in [2.05, 4.69) is 10.6 Å². The Hall–Kier alpha value is -2.97.